The van der Waals surface area contributed by atoms with E-state index in [1.54, 1.807) is 22.9 Å². The van der Waals surface area contributed by atoms with Gasteiger partial charge < -0.3 is 5.11 Å². The van der Waals surface area contributed by atoms with E-state index in [4.69, 9.17) is 28.3 Å². The van der Waals surface area contributed by atoms with Crippen molar-refractivity contribution in [2.45, 2.75) is 13.8 Å². The van der Waals surface area contributed by atoms with Crippen LogP contribution in [0, 0.1) is 13.8 Å². The third-order valence-electron chi connectivity index (χ3n) is 2.82. The van der Waals surface area contributed by atoms with Gasteiger partial charge in [-0.15, -0.1) is 0 Å². The lowest BCUT2D eigenvalue weighted by Crippen LogP contribution is -2.00. The van der Waals surface area contributed by atoms with Crippen molar-refractivity contribution >= 4 is 35.2 Å². The Morgan fingerprint density at radius 2 is 2.05 bits per heavy atom. The molecule has 0 atom stereocenters. The van der Waals surface area contributed by atoms with Gasteiger partial charge in [0.05, 0.1) is 27.1 Å². The number of carbonyl (C=O) groups is 1. The maximum atomic E-state index is 10.5. The lowest BCUT2D eigenvalue weighted by molar-refractivity contribution is -0.131. The van der Waals surface area contributed by atoms with Crippen LogP contribution in [-0.4, -0.2) is 20.9 Å². The monoisotopic (exact) mass is 310 g/mol. The number of aryl methyl sites for hydroxylation is 1. The van der Waals surface area contributed by atoms with Gasteiger partial charge in [0.2, 0.25) is 0 Å². The van der Waals surface area contributed by atoms with E-state index in [1.165, 1.54) is 6.08 Å². The van der Waals surface area contributed by atoms with Crippen LogP contribution in [0.15, 0.2) is 24.3 Å². The second-order valence-corrected chi connectivity index (χ2v) is 5.06. The maximum absolute atomic E-state index is 10.5. The minimum atomic E-state index is -1.00. The van der Waals surface area contributed by atoms with Crippen molar-refractivity contribution in [3.05, 3.63) is 51.3 Å². The second kappa shape index (κ2) is 5.69. The molecule has 0 spiro atoms. The standard InChI is InChI=1S/C14H12Cl2N2O2/c1-8-14(16)9(2)18(17-8)12-5-3-10(7-11(12)15)4-6-13(19)20/h3-7H,1-2H3,(H,19,20)/b6-4+. The van der Waals surface area contributed by atoms with Gasteiger partial charge in [-0.05, 0) is 37.6 Å². The van der Waals surface area contributed by atoms with Crippen molar-refractivity contribution in [1.82, 2.24) is 9.78 Å². The Morgan fingerprint density at radius 1 is 1.35 bits per heavy atom. The molecule has 0 saturated carbocycles. The van der Waals surface area contributed by atoms with E-state index in [0.29, 0.717) is 21.3 Å². The molecule has 0 bridgehead atoms. The number of aliphatic carboxylic acids is 1. The molecule has 1 aromatic carbocycles. The molecule has 1 heterocycles. The third kappa shape index (κ3) is 2.86. The Labute approximate surface area is 126 Å². The highest BCUT2D eigenvalue weighted by molar-refractivity contribution is 6.33. The largest absolute Gasteiger partial charge is 0.478 e. The Hall–Kier alpha value is -1.78. The minimum absolute atomic E-state index is 0.472. The van der Waals surface area contributed by atoms with E-state index in [1.807, 2.05) is 13.8 Å². The van der Waals surface area contributed by atoms with E-state index in [0.717, 1.165) is 17.5 Å². The summed E-state index contributed by atoms with van der Waals surface area (Å²) in [5, 5.41) is 14.0. The molecule has 1 N–H and O–H groups in total. The summed E-state index contributed by atoms with van der Waals surface area (Å²) in [7, 11) is 0. The number of aromatic nitrogens is 2. The molecule has 0 aliphatic heterocycles. The number of carboxylic acids is 1. The first kappa shape index (κ1) is 14.6. The third-order valence-corrected chi connectivity index (χ3v) is 3.67. The summed E-state index contributed by atoms with van der Waals surface area (Å²) in [6, 6.07) is 5.23. The summed E-state index contributed by atoms with van der Waals surface area (Å²) < 4.78 is 1.67. The van der Waals surface area contributed by atoms with Crippen molar-refractivity contribution in [3.63, 3.8) is 0 Å². The number of rotatable bonds is 3. The number of benzene rings is 1. The zero-order chi connectivity index (χ0) is 14.9. The van der Waals surface area contributed by atoms with Crippen LogP contribution >= 0.6 is 23.2 Å². The highest BCUT2D eigenvalue weighted by Crippen LogP contribution is 2.27. The number of halogens is 2. The van der Waals surface area contributed by atoms with E-state index in [9.17, 15) is 4.79 Å². The molecule has 0 fully saturated rings. The van der Waals surface area contributed by atoms with Crippen molar-refractivity contribution in [2.75, 3.05) is 0 Å². The predicted octanol–water partition coefficient (Wildman–Crippen LogP) is 3.89. The van der Waals surface area contributed by atoms with Crippen LogP contribution in [0.1, 0.15) is 17.0 Å². The molecule has 0 aliphatic carbocycles. The van der Waals surface area contributed by atoms with E-state index in [2.05, 4.69) is 5.10 Å². The number of carboxylic acid groups (broad SMARTS) is 1. The fourth-order valence-corrected chi connectivity index (χ4v) is 2.21. The zero-order valence-corrected chi connectivity index (χ0v) is 12.4. The van der Waals surface area contributed by atoms with Crippen LogP contribution in [-0.2, 0) is 4.79 Å². The lowest BCUT2D eigenvalue weighted by Gasteiger charge is -2.07. The van der Waals surface area contributed by atoms with Crippen LogP contribution in [0.3, 0.4) is 0 Å². The first-order valence-electron chi connectivity index (χ1n) is 5.83. The van der Waals surface area contributed by atoms with E-state index >= 15 is 0 Å². The molecule has 0 aliphatic rings. The molecule has 4 nitrogen and oxygen atoms in total. The van der Waals surface area contributed by atoms with E-state index < -0.39 is 5.97 Å². The minimum Gasteiger partial charge on any atom is -0.478 e. The Balaban J connectivity index is 2.44. The van der Waals surface area contributed by atoms with Gasteiger partial charge in [0.25, 0.3) is 0 Å². The second-order valence-electron chi connectivity index (χ2n) is 4.28. The topological polar surface area (TPSA) is 55.1 Å². The number of hydrogen-bond donors (Lipinski definition) is 1. The molecule has 0 saturated heterocycles. The predicted molar refractivity (Wildman–Crippen MR) is 79.7 cm³/mol. The molecule has 0 unspecified atom stereocenters. The van der Waals surface area contributed by atoms with Crippen LogP contribution in [0.25, 0.3) is 11.8 Å². The molecule has 1 aromatic heterocycles. The summed E-state index contributed by atoms with van der Waals surface area (Å²) >= 11 is 12.3. The van der Waals surface area contributed by atoms with Gasteiger partial charge in [0.15, 0.2) is 0 Å². The first-order valence-corrected chi connectivity index (χ1v) is 6.58. The van der Waals surface area contributed by atoms with Crippen molar-refractivity contribution in [2.24, 2.45) is 0 Å². The van der Waals surface area contributed by atoms with E-state index in [-0.39, 0.29) is 0 Å². The molecule has 2 aromatic rings. The lowest BCUT2D eigenvalue weighted by atomic mass is 10.2. The fraction of sp³-hybridized carbons (Fsp3) is 0.143. The molecule has 104 valence electrons. The zero-order valence-electron chi connectivity index (χ0n) is 10.9. The Morgan fingerprint density at radius 3 is 2.55 bits per heavy atom. The fourth-order valence-electron chi connectivity index (χ4n) is 1.82. The van der Waals surface area contributed by atoms with Crippen LogP contribution in [0.2, 0.25) is 10.0 Å². The summed E-state index contributed by atoms with van der Waals surface area (Å²) in [6.07, 6.45) is 2.54. The Bertz CT molecular complexity index is 705. The molecular formula is C14H12Cl2N2O2. The van der Waals surface area contributed by atoms with Crippen LogP contribution < -0.4 is 0 Å². The highest BCUT2D eigenvalue weighted by Gasteiger charge is 2.13. The van der Waals surface area contributed by atoms with Gasteiger partial charge in [-0.1, -0.05) is 29.3 Å². The summed E-state index contributed by atoms with van der Waals surface area (Å²) in [6.45, 7) is 3.68. The molecule has 0 amide bonds. The van der Waals surface area contributed by atoms with Crippen molar-refractivity contribution < 1.29 is 9.90 Å². The van der Waals surface area contributed by atoms with Crippen LogP contribution in [0.4, 0.5) is 0 Å². The average Bonchev–Trinajstić information content (AvgIpc) is 2.64. The average molecular weight is 311 g/mol. The summed E-state index contributed by atoms with van der Waals surface area (Å²) in [5.41, 5.74) is 2.94. The molecule has 6 heteroatoms. The smallest absolute Gasteiger partial charge is 0.328 e. The summed E-state index contributed by atoms with van der Waals surface area (Å²) in [5.74, 6) is -1.00. The highest BCUT2D eigenvalue weighted by atomic mass is 35.5. The molecule has 2 rings (SSSR count). The maximum Gasteiger partial charge on any atom is 0.328 e. The normalized spacial score (nSPS) is 11.2. The van der Waals surface area contributed by atoms with Gasteiger partial charge in [-0.2, -0.15) is 5.10 Å². The molecular weight excluding hydrogens is 299 g/mol. The molecule has 20 heavy (non-hydrogen) atoms. The Kier molecular flexibility index (Phi) is 4.16. The molecule has 0 radical (unpaired) electrons. The van der Waals surface area contributed by atoms with Crippen molar-refractivity contribution in [3.8, 4) is 5.69 Å². The van der Waals surface area contributed by atoms with Gasteiger partial charge in [-0.25, -0.2) is 9.48 Å². The first-order chi connectivity index (χ1) is 9.40. The number of nitrogens with zero attached hydrogens (tertiary/aromatic N) is 2. The van der Waals surface area contributed by atoms with Gasteiger partial charge in [0, 0.05) is 6.08 Å². The van der Waals surface area contributed by atoms with Gasteiger partial charge >= 0.3 is 5.97 Å². The van der Waals surface area contributed by atoms with Gasteiger partial charge in [0.1, 0.15) is 0 Å². The quantitative estimate of drug-likeness (QED) is 0.875. The van der Waals surface area contributed by atoms with Crippen LogP contribution in [0.5, 0.6) is 0 Å². The van der Waals surface area contributed by atoms with Gasteiger partial charge in [-0.3, -0.25) is 0 Å². The SMILES string of the molecule is Cc1nn(-c2ccc(/C=C/C(=O)O)cc2Cl)c(C)c1Cl. The van der Waals surface area contributed by atoms with Crippen molar-refractivity contribution in [1.29, 1.82) is 0 Å². The summed E-state index contributed by atoms with van der Waals surface area (Å²) in [4.78, 5) is 10.5. The number of hydrogen-bond acceptors (Lipinski definition) is 2.